The molecular weight excluding hydrogens is 288 g/mol. The van der Waals surface area contributed by atoms with Gasteiger partial charge in [-0.1, -0.05) is 25.4 Å². The van der Waals surface area contributed by atoms with Crippen molar-refractivity contribution >= 4 is 27.4 Å². The first-order chi connectivity index (χ1) is 8.70. The van der Waals surface area contributed by atoms with Crippen molar-refractivity contribution in [3.05, 3.63) is 16.5 Å². The first-order valence-corrected chi connectivity index (χ1v) is 8.20. The highest BCUT2D eigenvalue weighted by Crippen LogP contribution is 2.22. The number of anilines is 1. The van der Waals surface area contributed by atoms with E-state index in [9.17, 15) is 8.42 Å². The van der Waals surface area contributed by atoms with E-state index in [1.54, 1.807) is 0 Å². The Morgan fingerprint density at radius 2 is 1.89 bits per heavy atom. The molecule has 0 aliphatic rings. The molecule has 0 aromatic carbocycles. The quantitative estimate of drug-likeness (QED) is 0.615. The van der Waals surface area contributed by atoms with E-state index in [0.29, 0.717) is 23.3 Å². The number of hydrogen-bond donors (Lipinski definition) is 2. The lowest BCUT2D eigenvalue weighted by Gasteiger charge is -2.12. The van der Waals surface area contributed by atoms with E-state index in [1.165, 1.54) is 0 Å². The maximum absolute atomic E-state index is 10.9. The summed E-state index contributed by atoms with van der Waals surface area (Å²) in [5, 5.41) is 3.47. The molecule has 0 saturated heterocycles. The summed E-state index contributed by atoms with van der Waals surface area (Å²) < 4.78 is 24.2. The largest absolute Gasteiger partial charge is 0.368 e. The molecule has 0 unspecified atom stereocenters. The standard InChI is InChI=1S/C11H19ClN4O2S/c1-7(2)10-15-9(12)8(3)11(16-10)13-5-6-14-19(4,17)18/h7,14H,5-6H2,1-4H3,(H,13,15,16). The fraction of sp³-hybridized carbons (Fsp3) is 0.636. The summed E-state index contributed by atoms with van der Waals surface area (Å²) in [4.78, 5) is 8.59. The number of nitrogens with zero attached hydrogens (tertiary/aromatic N) is 2. The average molecular weight is 307 g/mol. The van der Waals surface area contributed by atoms with Gasteiger partial charge in [-0.25, -0.2) is 23.1 Å². The van der Waals surface area contributed by atoms with Crippen LogP contribution in [0.25, 0.3) is 0 Å². The van der Waals surface area contributed by atoms with Gasteiger partial charge in [0.05, 0.1) is 6.26 Å². The molecular formula is C11H19ClN4O2S. The molecule has 1 aromatic heterocycles. The van der Waals surface area contributed by atoms with Gasteiger partial charge in [0.2, 0.25) is 10.0 Å². The van der Waals surface area contributed by atoms with E-state index < -0.39 is 10.0 Å². The van der Waals surface area contributed by atoms with Gasteiger partial charge in [-0.05, 0) is 6.92 Å². The average Bonchev–Trinajstić information content (AvgIpc) is 2.27. The number of sulfonamides is 1. The van der Waals surface area contributed by atoms with Crippen LogP contribution in [0.1, 0.15) is 31.2 Å². The zero-order valence-corrected chi connectivity index (χ0v) is 13.1. The van der Waals surface area contributed by atoms with E-state index in [-0.39, 0.29) is 12.5 Å². The second-order valence-corrected chi connectivity index (χ2v) is 6.79. The minimum Gasteiger partial charge on any atom is -0.368 e. The van der Waals surface area contributed by atoms with Crippen LogP contribution in [0.3, 0.4) is 0 Å². The molecule has 0 spiro atoms. The maximum Gasteiger partial charge on any atom is 0.208 e. The Kier molecular flexibility index (Phi) is 5.51. The van der Waals surface area contributed by atoms with Gasteiger partial charge < -0.3 is 5.32 Å². The van der Waals surface area contributed by atoms with Gasteiger partial charge in [-0.2, -0.15) is 0 Å². The molecule has 1 heterocycles. The first-order valence-electron chi connectivity index (χ1n) is 5.93. The Morgan fingerprint density at radius 1 is 1.26 bits per heavy atom. The number of hydrogen-bond acceptors (Lipinski definition) is 5. The summed E-state index contributed by atoms with van der Waals surface area (Å²) >= 11 is 6.05. The molecule has 0 bridgehead atoms. The van der Waals surface area contributed by atoms with E-state index >= 15 is 0 Å². The highest BCUT2D eigenvalue weighted by Gasteiger charge is 2.11. The van der Waals surface area contributed by atoms with Crippen molar-refractivity contribution in [2.45, 2.75) is 26.7 Å². The van der Waals surface area contributed by atoms with Crippen LogP contribution in [0.4, 0.5) is 5.82 Å². The summed E-state index contributed by atoms with van der Waals surface area (Å²) in [6.07, 6.45) is 1.12. The molecule has 0 radical (unpaired) electrons. The second kappa shape index (κ2) is 6.49. The Bertz CT molecular complexity index is 546. The fourth-order valence-corrected chi connectivity index (χ4v) is 2.00. The minimum absolute atomic E-state index is 0.174. The van der Waals surface area contributed by atoms with Crippen LogP contribution < -0.4 is 10.0 Å². The lowest BCUT2D eigenvalue weighted by molar-refractivity contribution is 0.589. The van der Waals surface area contributed by atoms with Crippen molar-refractivity contribution in [2.75, 3.05) is 24.7 Å². The molecule has 2 N–H and O–H groups in total. The molecule has 8 heteroatoms. The lowest BCUT2D eigenvalue weighted by atomic mass is 10.2. The van der Waals surface area contributed by atoms with Crippen molar-refractivity contribution < 1.29 is 8.42 Å². The third kappa shape index (κ3) is 5.30. The van der Waals surface area contributed by atoms with Gasteiger partial charge in [-0.15, -0.1) is 0 Å². The Labute approximate surface area is 119 Å². The van der Waals surface area contributed by atoms with Gasteiger partial charge in [0.1, 0.15) is 16.8 Å². The topological polar surface area (TPSA) is 84.0 Å². The second-order valence-electron chi connectivity index (χ2n) is 4.59. The molecule has 108 valence electrons. The zero-order chi connectivity index (χ0) is 14.6. The smallest absolute Gasteiger partial charge is 0.208 e. The molecule has 0 fully saturated rings. The summed E-state index contributed by atoms with van der Waals surface area (Å²) in [6, 6.07) is 0. The molecule has 0 aliphatic carbocycles. The molecule has 1 rings (SSSR count). The third-order valence-electron chi connectivity index (χ3n) is 2.40. The van der Waals surface area contributed by atoms with Gasteiger partial charge in [0.25, 0.3) is 0 Å². The number of aromatic nitrogens is 2. The normalized spacial score (nSPS) is 11.9. The van der Waals surface area contributed by atoms with Crippen molar-refractivity contribution in [3.8, 4) is 0 Å². The number of halogens is 1. The Morgan fingerprint density at radius 3 is 2.42 bits per heavy atom. The molecule has 6 nitrogen and oxygen atoms in total. The fourth-order valence-electron chi connectivity index (χ4n) is 1.35. The van der Waals surface area contributed by atoms with Crippen molar-refractivity contribution in [3.63, 3.8) is 0 Å². The summed E-state index contributed by atoms with van der Waals surface area (Å²) in [5.41, 5.74) is 0.755. The van der Waals surface area contributed by atoms with Crippen LogP contribution in [-0.2, 0) is 10.0 Å². The number of rotatable bonds is 6. The SMILES string of the molecule is Cc1c(Cl)nc(C(C)C)nc1NCCNS(C)(=O)=O. The first kappa shape index (κ1) is 16.1. The van der Waals surface area contributed by atoms with Crippen LogP contribution in [0.2, 0.25) is 5.15 Å². The van der Waals surface area contributed by atoms with E-state index in [1.807, 2.05) is 20.8 Å². The van der Waals surface area contributed by atoms with Crippen LogP contribution in [0.5, 0.6) is 0 Å². The van der Waals surface area contributed by atoms with Gasteiger partial charge in [-0.3, -0.25) is 0 Å². The van der Waals surface area contributed by atoms with Crippen molar-refractivity contribution in [2.24, 2.45) is 0 Å². The molecule has 0 saturated carbocycles. The van der Waals surface area contributed by atoms with E-state index in [0.717, 1.165) is 11.8 Å². The molecule has 0 aliphatic heterocycles. The predicted molar refractivity (Wildman–Crippen MR) is 77.2 cm³/mol. The summed E-state index contributed by atoms with van der Waals surface area (Å²) in [6.45, 7) is 6.50. The number of nitrogens with one attached hydrogen (secondary N) is 2. The monoisotopic (exact) mass is 306 g/mol. The molecule has 1 aromatic rings. The highest BCUT2D eigenvalue weighted by molar-refractivity contribution is 7.88. The summed E-state index contributed by atoms with van der Waals surface area (Å²) in [7, 11) is -3.17. The molecule has 19 heavy (non-hydrogen) atoms. The summed E-state index contributed by atoms with van der Waals surface area (Å²) in [5.74, 6) is 1.47. The minimum atomic E-state index is -3.17. The van der Waals surface area contributed by atoms with Crippen LogP contribution in [0, 0.1) is 6.92 Å². The van der Waals surface area contributed by atoms with Crippen LogP contribution in [-0.4, -0.2) is 37.7 Å². The third-order valence-corrected chi connectivity index (χ3v) is 3.50. The van der Waals surface area contributed by atoms with E-state index in [2.05, 4.69) is 20.0 Å². The van der Waals surface area contributed by atoms with E-state index in [4.69, 9.17) is 11.6 Å². The highest BCUT2D eigenvalue weighted by atomic mass is 35.5. The Balaban J connectivity index is 2.72. The Hall–Kier alpha value is -0.920. The van der Waals surface area contributed by atoms with Crippen molar-refractivity contribution in [1.82, 2.24) is 14.7 Å². The zero-order valence-electron chi connectivity index (χ0n) is 11.5. The van der Waals surface area contributed by atoms with Gasteiger partial charge >= 0.3 is 0 Å². The molecule has 0 atom stereocenters. The van der Waals surface area contributed by atoms with Crippen LogP contribution >= 0.6 is 11.6 Å². The lowest BCUT2D eigenvalue weighted by Crippen LogP contribution is -2.28. The predicted octanol–water partition coefficient (Wildman–Crippen LogP) is 1.52. The van der Waals surface area contributed by atoms with Crippen LogP contribution in [0.15, 0.2) is 0 Å². The molecule has 0 amide bonds. The maximum atomic E-state index is 10.9. The van der Waals surface area contributed by atoms with Gasteiger partial charge in [0.15, 0.2) is 0 Å². The van der Waals surface area contributed by atoms with Crippen molar-refractivity contribution in [1.29, 1.82) is 0 Å². The van der Waals surface area contributed by atoms with Gasteiger partial charge in [0, 0.05) is 24.6 Å².